The first-order valence-corrected chi connectivity index (χ1v) is 6.54. The van der Waals surface area contributed by atoms with E-state index < -0.39 is 12.0 Å². The SMILES string of the molecule is C=C(CNC(=O)Nc1c(O)ccc2ccccc12)C(=O)OC. The molecule has 2 rings (SSSR count). The number of carbonyl (C=O) groups is 2. The first kappa shape index (κ1) is 15.4. The van der Waals surface area contributed by atoms with Crippen LogP contribution in [0.1, 0.15) is 0 Å². The molecule has 0 radical (unpaired) electrons. The highest BCUT2D eigenvalue weighted by molar-refractivity contribution is 6.04. The van der Waals surface area contributed by atoms with Crippen LogP contribution in [-0.2, 0) is 9.53 Å². The number of rotatable bonds is 4. The van der Waals surface area contributed by atoms with Gasteiger partial charge in [0.2, 0.25) is 0 Å². The van der Waals surface area contributed by atoms with Crippen LogP contribution in [0.25, 0.3) is 10.8 Å². The molecule has 6 heteroatoms. The standard InChI is InChI=1S/C16H16N2O4/c1-10(15(20)22-2)9-17-16(21)18-14-12-6-4-3-5-11(12)7-8-13(14)19/h3-8,19H,1,9H2,2H3,(H2,17,18,21). The molecular weight excluding hydrogens is 284 g/mol. The van der Waals surface area contributed by atoms with Crippen molar-refractivity contribution < 1.29 is 19.4 Å². The molecule has 0 bridgehead atoms. The molecule has 0 atom stereocenters. The lowest BCUT2D eigenvalue weighted by molar-refractivity contribution is -0.136. The monoisotopic (exact) mass is 300 g/mol. The van der Waals surface area contributed by atoms with E-state index in [1.165, 1.54) is 13.2 Å². The van der Waals surface area contributed by atoms with Gasteiger partial charge in [-0.3, -0.25) is 0 Å². The second-order valence-electron chi connectivity index (χ2n) is 4.58. The highest BCUT2D eigenvalue weighted by Crippen LogP contribution is 2.32. The topological polar surface area (TPSA) is 87.7 Å². The van der Waals surface area contributed by atoms with Crippen molar-refractivity contribution in [3.05, 3.63) is 48.6 Å². The predicted octanol–water partition coefficient (Wildman–Crippen LogP) is 2.40. The third-order valence-electron chi connectivity index (χ3n) is 3.08. The molecule has 0 spiro atoms. The minimum atomic E-state index is -0.590. The number of aromatic hydroxyl groups is 1. The van der Waals surface area contributed by atoms with E-state index in [1.54, 1.807) is 12.1 Å². The van der Waals surface area contributed by atoms with E-state index in [9.17, 15) is 14.7 Å². The van der Waals surface area contributed by atoms with Gasteiger partial charge in [0.15, 0.2) is 0 Å². The van der Waals surface area contributed by atoms with Gasteiger partial charge in [-0.15, -0.1) is 0 Å². The Morgan fingerprint density at radius 1 is 1.23 bits per heavy atom. The minimum Gasteiger partial charge on any atom is -0.506 e. The van der Waals surface area contributed by atoms with Gasteiger partial charge in [0, 0.05) is 11.0 Å². The lowest BCUT2D eigenvalue weighted by atomic mass is 10.1. The number of phenolic OH excluding ortho intramolecular Hbond substituents is 1. The van der Waals surface area contributed by atoms with Crippen LogP contribution in [0.15, 0.2) is 48.6 Å². The van der Waals surface area contributed by atoms with E-state index in [0.29, 0.717) is 11.1 Å². The van der Waals surface area contributed by atoms with Crippen LogP contribution in [0.4, 0.5) is 10.5 Å². The van der Waals surface area contributed by atoms with Gasteiger partial charge in [-0.2, -0.15) is 0 Å². The summed E-state index contributed by atoms with van der Waals surface area (Å²) in [7, 11) is 1.24. The summed E-state index contributed by atoms with van der Waals surface area (Å²) in [5, 5.41) is 16.6. The van der Waals surface area contributed by atoms with E-state index in [2.05, 4.69) is 21.9 Å². The number of ether oxygens (including phenoxy) is 1. The van der Waals surface area contributed by atoms with E-state index >= 15 is 0 Å². The lowest BCUT2D eigenvalue weighted by Crippen LogP contribution is -2.32. The molecule has 6 nitrogen and oxygen atoms in total. The summed E-state index contributed by atoms with van der Waals surface area (Å²) in [5.74, 6) is -0.631. The van der Waals surface area contributed by atoms with Crippen molar-refractivity contribution in [3.63, 3.8) is 0 Å². The molecule has 0 heterocycles. The van der Waals surface area contributed by atoms with Crippen molar-refractivity contribution in [1.82, 2.24) is 5.32 Å². The number of carbonyl (C=O) groups excluding carboxylic acids is 2. The minimum absolute atomic E-state index is 0.0411. The Morgan fingerprint density at radius 3 is 2.68 bits per heavy atom. The number of anilines is 1. The zero-order chi connectivity index (χ0) is 16.1. The number of urea groups is 1. The van der Waals surface area contributed by atoms with Crippen molar-refractivity contribution in [3.8, 4) is 5.75 Å². The van der Waals surface area contributed by atoms with Crippen LogP contribution in [0.2, 0.25) is 0 Å². The Bertz CT molecular complexity index is 740. The number of amides is 2. The zero-order valence-electron chi connectivity index (χ0n) is 12.1. The van der Waals surface area contributed by atoms with Crippen LogP contribution >= 0.6 is 0 Å². The van der Waals surface area contributed by atoms with Crippen LogP contribution in [0.5, 0.6) is 5.75 Å². The molecule has 0 saturated carbocycles. The van der Waals surface area contributed by atoms with Crippen LogP contribution in [0, 0.1) is 0 Å². The van der Waals surface area contributed by atoms with E-state index in [4.69, 9.17) is 0 Å². The Hall–Kier alpha value is -3.02. The van der Waals surface area contributed by atoms with Gasteiger partial charge in [-0.1, -0.05) is 36.9 Å². The van der Waals surface area contributed by atoms with Gasteiger partial charge < -0.3 is 20.5 Å². The molecule has 114 valence electrons. The van der Waals surface area contributed by atoms with Gasteiger partial charge in [0.05, 0.1) is 19.3 Å². The molecule has 0 saturated heterocycles. The third kappa shape index (κ3) is 3.35. The molecule has 0 aliphatic carbocycles. The summed E-state index contributed by atoms with van der Waals surface area (Å²) in [5.41, 5.74) is 0.430. The van der Waals surface area contributed by atoms with Crippen molar-refractivity contribution >= 4 is 28.5 Å². The highest BCUT2D eigenvalue weighted by Gasteiger charge is 2.12. The van der Waals surface area contributed by atoms with Crippen LogP contribution < -0.4 is 10.6 Å². The van der Waals surface area contributed by atoms with Gasteiger partial charge in [-0.05, 0) is 11.5 Å². The summed E-state index contributed by atoms with van der Waals surface area (Å²) in [6, 6.07) is 10.0. The second kappa shape index (κ2) is 6.62. The maximum atomic E-state index is 11.9. The average Bonchev–Trinajstić information content (AvgIpc) is 2.54. The van der Waals surface area contributed by atoms with Crippen LogP contribution in [0.3, 0.4) is 0 Å². The van der Waals surface area contributed by atoms with Gasteiger partial charge >= 0.3 is 12.0 Å². The first-order chi connectivity index (χ1) is 10.5. The predicted molar refractivity (Wildman–Crippen MR) is 83.8 cm³/mol. The Kier molecular flexibility index (Phi) is 4.63. The summed E-state index contributed by atoms with van der Waals surface area (Å²) < 4.78 is 4.49. The van der Waals surface area contributed by atoms with Crippen LogP contribution in [-0.4, -0.2) is 30.8 Å². The average molecular weight is 300 g/mol. The fraction of sp³-hybridized carbons (Fsp3) is 0.125. The van der Waals surface area contributed by atoms with Crippen molar-refractivity contribution in [1.29, 1.82) is 0 Å². The summed E-state index contributed by atoms with van der Waals surface area (Å²) in [4.78, 5) is 23.1. The summed E-state index contributed by atoms with van der Waals surface area (Å²) in [6.07, 6.45) is 0. The molecule has 2 amide bonds. The van der Waals surface area contributed by atoms with E-state index in [-0.39, 0.29) is 17.9 Å². The fourth-order valence-electron chi connectivity index (χ4n) is 1.95. The van der Waals surface area contributed by atoms with E-state index in [1.807, 2.05) is 18.2 Å². The smallest absolute Gasteiger partial charge is 0.334 e. The third-order valence-corrected chi connectivity index (χ3v) is 3.08. The number of benzene rings is 2. The largest absolute Gasteiger partial charge is 0.506 e. The summed E-state index contributed by atoms with van der Waals surface area (Å²) in [6.45, 7) is 3.45. The number of phenols is 1. The molecule has 22 heavy (non-hydrogen) atoms. The van der Waals surface area contributed by atoms with Gasteiger partial charge in [0.1, 0.15) is 5.75 Å². The normalized spacial score (nSPS) is 10.0. The Morgan fingerprint density at radius 2 is 1.95 bits per heavy atom. The molecular formula is C16H16N2O4. The first-order valence-electron chi connectivity index (χ1n) is 6.54. The highest BCUT2D eigenvalue weighted by atomic mass is 16.5. The van der Waals surface area contributed by atoms with Crippen molar-refractivity contribution in [2.45, 2.75) is 0 Å². The maximum absolute atomic E-state index is 11.9. The number of nitrogens with one attached hydrogen (secondary N) is 2. The maximum Gasteiger partial charge on any atom is 0.334 e. The Labute approximate surface area is 127 Å². The van der Waals surface area contributed by atoms with E-state index in [0.717, 1.165) is 5.39 Å². The number of methoxy groups -OCH3 is 1. The lowest BCUT2D eigenvalue weighted by Gasteiger charge is -2.12. The number of hydrogen-bond donors (Lipinski definition) is 3. The molecule has 3 N–H and O–H groups in total. The number of esters is 1. The molecule has 0 unspecified atom stereocenters. The molecule has 2 aromatic carbocycles. The van der Waals surface area contributed by atoms with Crippen molar-refractivity contribution in [2.75, 3.05) is 19.0 Å². The second-order valence-corrected chi connectivity index (χ2v) is 4.58. The quantitative estimate of drug-likeness (QED) is 0.459. The number of fused-ring (bicyclic) bond motifs is 1. The molecule has 2 aromatic rings. The number of hydrogen-bond acceptors (Lipinski definition) is 4. The van der Waals surface area contributed by atoms with Gasteiger partial charge in [0.25, 0.3) is 0 Å². The molecule has 0 fully saturated rings. The van der Waals surface area contributed by atoms with Crippen molar-refractivity contribution in [2.24, 2.45) is 0 Å². The molecule has 0 aliphatic heterocycles. The fourth-order valence-corrected chi connectivity index (χ4v) is 1.95. The Balaban J connectivity index is 2.11. The zero-order valence-corrected chi connectivity index (χ0v) is 12.1. The van der Waals surface area contributed by atoms with Gasteiger partial charge in [-0.25, -0.2) is 9.59 Å². The molecule has 0 aromatic heterocycles. The summed E-state index contributed by atoms with van der Waals surface area (Å²) >= 11 is 0. The molecule has 0 aliphatic rings.